The number of aryl methyl sites for hydroxylation is 1. The Labute approximate surface area is 147 Å². The van der Waals surface area contributed by atoms with E-state index in [-0.39, 0.29) is 12.1 Å². The first-order valence-corrected chi connectivity index (χ1v) is 8.43. The second-order valence-electron chi connectivity index (χ2n) is 6.52. The molecular weight excluding hydrogens is 314 g/mol. The lowest BCUT2D eigenvalue weighted by Gasteiger charge is -2.20. The topological polar surface area (TPSA) is 58.4 Å². The molecule has 25 heavy (non-hydrogen) atoms. The van der Waals surface area contributed by atoms with E-state index in [9.17, 15) is 4.79 Å². The van der Waals surface area contributed by atoms with Crippen molar-refractivity contribution in [2.45, 2.75) is 32.9 Å². The van der Waals surface area contributed by atoms with Gasteiger partial charge in [-0.2, -0.15) is 0 Å². The van der Waals surface area contributed by atoms with Gasteiger partial charge in [-0.15, -0.1) is 0 Å². The summed E-state index contributed by atoms with van der Waals surface area (Å²) in [6, 6.07) is 16.5. The van der Waals surface area contributed by atoms with E-state index in [1.165, 1.54) is 16.3 Å². The van der Waals surface area contributed by atoms with Crippen molar-refractivity contribution in [2.75, 3.05) is 7.05 Å². The molecule has 1 heterocycles. The van der Waals surface area contributed by atoms with Crippen LogP contribution in [0.15, 0.2) is 53.1 Å². The van der Waals surface area contributed by atoms with Crippen molar-refractivity contribution in [1.29, 1.82) is 0 Å². The van der Waals surface area contributed by atoms with E-state index in [4.69, 9.17) is 4.52 Å². The fraction of sp³-hybridized carbons (Fsp3) is 0.300. The standard InChI is InChI=1S/C20H23N3O2/c1-14(10-16-8-9-17-6-4-5-7-18(17)12-16)21-20(24)23(3)13-19-11-15(2)25-22-19/h4-9,11-12,14H,10,13H2,1-3H3,(H,21,24)/t14-/m0/s1. The number of carbonyl (C=O) groups excluding carboxylic acids is 1. The van der Waals surface area contributed by atoms with Crippen LogP contribution >= 0.6 is 0 Å². The van der Waals surface area contributed by atoms with Gasteiger partial charge in [0.25, 0.3) is 0 Å². The number of fused-ring (bicyclic) bond motifs is 1. The molecule has 0 radical (unpaired) electrons. The van der Waals surface area contributed by atoms with Crippen LogP contribution in [0.2, 0.25) is 0 Å². The average Bonchev–Trinajstić information content (AvgIpc) is 2.99. The van der Waals surface area contributed by atoms with Crippen molar-refractivity contribution >= 4 is 16.8 Å². The van der Waals surface area contributed by atoms with E-state index in [1.54, 1.807) is 11.9 Å². The Bertz CT molecular complexity index is 872. The molecule has 0 saturated carbocycles. The summed E-state index contributed by atoms with van der Waals surface area (Å²) in [5, 5.41) is 9.40. The van der Waals surface area contributed by atoms with Crippen molar-refractivity contribution in [3.63, 3.8) is 0 Å². The summed E-state index contributed by atoms with van der Waals surface area (Å²) in [6.07, 6.45) is 0.785. The number of nitrogens with zero attached hydrogens (tertiary/aromatic N) is 2. The Morgan fingerprint density at radius 3 is 2.68 bits per heavy atom. The number of amides is 2. The van der Waals surface area contributed by atoms with E-state index in [0.717, 1.165) is 17.9 Å². The maximum absolute atomic E-state index is 12.3. The largest absolute Gasteiger partial charge is 0.361 e. The van der Waals surface area contributed by atoms with Gasteiger partial charge in [0.15, 0.2) is 0 Å². The fourth-order valence-corrected chi connectivity index (χ4v) is 2.90. The Hall–Kier alpha value is -2.82. The maximum Gasteiger partial charge on any atom is 0.317 e. The molecule has 0 aliphatic heterocycles. The molecule has 1 atom stereocenters. The monoisotopic (exact) mass is 337 g/mol. The van der Waals surface area contributed by atoms with Gasteiger partial charge in [-0.05, 0) is 36.6 Å². The van der Waals surface area contributed by atoms with Crippen LogP contribution in [0.3, 0.4) is 0 Å². The zero-order valence-corrected chi connectivity index (χ0v) is 14.8. The molecule has 0 bridgehead atoms. The van der Waals surface area contributed by atoms with E-state index in [1.807, 2.05) is 32.0 Å². The quantitative estimate of drug-likeness (QED) is 0.768. The van der Waals surface area contributed by atoms with Crippen molar-refractivity contribution < 1.29 is 9.32 Å². The minimum atomic E-state index is -0.117. The van der Waals surface area contributed by atoms with Gasteiger partial charge in [-0.3, -0.25) is 0 Å². The first-order chi connectivity index (χ1) is 12.0. The number of benzene rings is 2. The van der Waals surface area contributed by atoms with Gasteiger partial charge in [0.1, 0.15) is 11.5 Å². The molecule has 5 nitrogen and oxygen atoms in total. The number of rotatable bonds is 5. The van der Waals surface area contributed by atoms with Gasteiger partial charge in [-0.1, -0.05) is 47.6 Å². The van der Waals surface area contributed by atoms with Crippen molar-refractivity contribution in [3.05, 3.63) is 65.5 Å². The van der Waals surface area contributed by atoms with Crippen LogP contribution in [0, 0.1) is 6.92 Å². The highest BCUT2D eigenvalue weighted by molar-refractivity contribution is 5.83. The molecule has 0 unspecified atom stereocenters. The van der Waals surface area contributed by atoms with Crippen LogP contribution in [-0.4, -0.2) is 29.2 Å². The minimum Gasteiger partial charge on any atom is -0.361 e. The summed E-state index contributed by atoms with van der Waals surface area (Å²) < 4.78 is 5.03. The smallest absolute Gasteiger partial charge is 0.317 e. The van der Waals surface area contributed by atoms with Gasteiger partial charge in [0.2, 0.25) is 0 Å². The highest BCUT2D eigenvalue weighted by Crippen LogP contribution is 2.16. The van der Waals surface area contributed by atoms with Crippen LogP contribution in [-0.2, 0) is 13.0 Å². The number of aromatic nitrogens is 1. The molecule has 1 aromatic heterocycles. The molecule has 2 aromatic carbocycles. The second kappa shape index (κ2) is 7.38. The lowest BCUT2D eigenvalue weighted by atomic mass is 10.0. The third-order valence-corrected chi connectivity index (χ3v) is 4.15. The van der Waals surface area contributed by atoms with Crippen LogP contribution in [0.1, 0.15) is 23.9 Å². The summed E-state index contributed by atoms with van der Waals surface area (Å²) in [7, 11) is 1.75. The van der Waals surface area contributed by atoms with E-state index < -0.39 is 0 Å². The molecule has 0 aliphatic carbocycles. The summed E-state index contributed by atoms with van der Waals surface area (Å²) in [4.78, 5) is 13.9. The first-order valence-electron chi connectivity index (χ1n) is 8.43. The SMILES string of the molecule is Cc1cc(CN(C)C(=O)N[C@@H](C)Cc2ccc3ccccc3c2)no1. The van der Waals surface area contributed by atoms with Gasteiger partial charge >= 0.3 is 6.03 Å². The van der Waals surface area contributed by atoms with Gasteiger partial charge in [0, 0.05) is 19.2 Å². The van der Waals surface area contributed by atoms with Gasteiger partial charge in [0.05, 0.1) is 6.54 Å². The van der Waals surface area contributed by atoms with Gasteiger partial charge < -0.3 is 14.7 Å². The molecule has 0 fully saturated rings. The van der Waals surface area contributed by atoms with Gasteiger partial charge in [-0.25, -0.2) is 4.79 Å². The highest BCUT2D eigenvalue weighted by Gasteiger charge is 2.14. The molecule has 0 spiro atoms. The minimum absolute atomic E-state index is 0.0372. The Kier molecular flexibility index (Phi) is 5.03. The predicted octanol–water partition coefficient (Wildman–Crippen LogP) is 3.91. The number of urea groups is 1. The summed E-state index contributed by atoms with van der Waals surface area (Å²) >= 11 is 0. The molecule has 130 valence electrons. The Morgan fingerprint density at radius 1 is 1.20 bits per heavy atom. The van der Waals surface area contributed by atoms with Crippen molar-refractivity contribution in [1.82, 2.24) is 15.4 Å². The molecule has 3 aromatic rings. The number of hydrogen-bond acceptors (Lipinski definition) is 3. The number of hydrogen-bond donors (Lipinski definition) is 1. The van der Waals surface area contributed by atoms with Crippen molar-refractivity contribution in [3.8, 4) is 0 Å². The molecule has 0 saturated heterocycles. The van der Waals surface area contributed by atoms with Crippen LogP contribution < -0.4 is 5.32 Å². The summed E-state index contributed by atoms with van der Waals surface area (Å²) in [5.74, 6) is 0.744. The van der Waals surface area contributed by atoms with E-state index in [0.29, 0.717) is 6.54 Å². The maximum atomic E-state index is 12.3. The lowest BCUT2D eigenvalue weighted by Crippen LogP contribution is -2.42. The number of carbonyl (C=O) groups is 1. The zero-order chi connectivity index (χ0) is 17.8. The normalized spacial score (nSPS) is 12.1. The molecule has 3 rings (SSSR count). The molecule has 1 N–H and O–H groups in total. The summed E-state index contributed by atoms with van der Waals surface area (Å²) in [5.41, 5.74) is 1.96. The fourth-order valence-electron chi connectivity index (χ4n) is 2.90. The Balaban J connectivity index is 1.56. The number of nitrogens with one attached hydrogen (secondary N) is 1. The molecule has 2 amide bonds. The molecule has 5 heteroatoms. The van der Waals surface area contributed by atoms with E-state index in [2.05, 4.69) is 40.8 Å². The van der Waals surface area contributed by atoms with E-state index >= 15 is 0 Å². The average molecular weight is 337 g/mol. The predicted molar refractivity (Wildman–Crippen MR) is 98.4 cm³/mol. The van der Waals surface area contributed by atoms with Crippen LogP contribution in [0.25, 0.3) is 10.8 Å². The third-order valence-electron chi connectivity index (χ3n) is 4.15. The molecule has 0 aliphatic rings. The first kappa shape index (κ1) is 17.0. The second-order valence-corrected chi connectivity index (χ2v) is 6.52. The van der Waals surface area contributed by atoms with Crippen LogP contribution in [0.4, 0.5) is 4.79 Å². The molecular formula is C20H23N3O2. The lowest BCUT2D eigenvalue weighted by molar-refractivity contribution is 0.202. The highest BCUT2D eigenvalue weighted by atomic mass is 16.5. The zero-order valence-electron chi connectivity index (χ0n) is 14.8. The Morgan fingerprint density at radius 2 is 1.96 bits per heavy atom. The van der Waals surface area contributed by atoms with Crippen molar-refractivity contribution in [2.24, 2.45) is 0 Å². The summed E-state index contributed by atoms with van der Waals surface area (Å²) in [6.45, 7) is 4.27. The van der Waals surface area contributed by atoms with Crippen LogP contribution in [0.5, 0.6) is 0 Å². The third kappa shape index (κ3) is 4.38.